The Morgan fingerprint density at radius 1 is 1.00 bits per heavy atom. The molecule has 3 heterocycles. The van der Waals surface area contributed by atoms with Crippen molar-refractivity contribution in [3.63, 3.8) is 0 Å². The van der Waals surface area contributed by atoms with Crippen LogP contribution in [0.15, 0.2) is 67.1 Å². The van der Waals surface area contributed by atoms with Crippen molar-refractivity contribution in [2.24, 2.45) is 0 Å². The van der Waals surface area contributed by atoms with Gasteiger partial charge in [-0.2, -0.15) is 0 Å². The topological polar surface area (TPSA) is 74.8 Å². The molecule has 0 radical (unpaired) electrons. The highest BCUT2D eigenvalue weighted by Gasteiger charge is 2.24. The summed E-state index contributed by atoms with van der Waals surface area (Å²) in [7, 11) is 0. The van der Waals surface area contributed by atoms with E-state index in [4.69, 9.17) is 0 Å². The van der Waals surface area contributed by atoms with Crippen molar-refractivity contribution in [1.29, 1.82) is 0 Å². The smallest absolute Gasteiger partial charge is 0.223 e. The highest BCUT2D eigenvalue weighted by molar-refractivity contribution is 5.58. The molecular weight excluding hydrogens is 312 g/mol. The van der Waals surface area contributed by atoms with Gasteiger partial charge in [0.2, 0.25) is 5.95 Å². The molecule has 4 rings (SSSR count). The van der Waals surface area contributed by atoms with Crippen LogP contribution in [-0.2, 0) is 0 Å². The largest absolute Gasteiger partial charge is 0.353 e. The third kappa shape index (κ3) is 3.81. The molecule has 25 heavy (non-hydrogen) atoms. The Morgan fingerprint density at radius 3 is 2.76 bits per heavy atom. The third-order valence-electron chi connectivity index (χ3n) is 4.30. The van der Waals surface area contributed by atoms with Crippen LogP contribution in [0.5, 0.6) is 0 Å². The lowest BCUT2D eigenvalue weighted by molar-refractivity contribution is 0.552. The zero-order chi connectivity index (χ0) is 16.9. The van der Waals surface area contributed by atoms with Gasteiger partial charge in [0.15, 0.2) is 0 Å². The molecule has 2 aromatic heterocycles. The fraction of sp³-hybridized carbons (Fsp3) is 0.211. The molecule has 126 valence electrons. The van der Waals surface area contributed by atoms with E-state index in [-0.39, 0.29) is 0 Å². The van der Waals surface area contributed by atoms with Gasteiger partial charge in [-0.05, 0) is 30.2 Å². The lowest BCUT2D eigenvalue weighted by Crippen LogP contribution is -2.35. The van der Waals surface area contributed by atoms with E-state index in [2.05, 4.69) is 55.4 Å². The molecule has 6 heteroatoms. The van der Waals surface area contributed by atoms with E-state index in [0.29, 0.717) is 18.0 Å². The van der Waals surface area contributed by atoms with Crippen LogP contribution in [0.25, 0.3) is 11.3 Å². The predicted octanol–water partition coefficient (Wildman–Crippen LogP) is 2.56. The molecule has 3 N–H and O–H groups in total. The molecule has 2 unspecified atom stereocenters. The summed E-state index contributed by atoms with van der Waals surface area (Å²) >= 11 is 0. The summed E-state index contributed by atoms with van der Waals surface area (Å²) < 4.78 is 0. The van der Waals surface area contributed by atoms with Crippen molar-refractivity contribution in [3.05, 3.63) is 72.7 Å². The van der Waals surface area contributed by atoms with E-state index in [0.717, 1.165) is 24.2 Å². The fourth-order valence-corrected chi connectivity index (χ4v) is 2.99. The third-order valence-corrected chi connectivity index (χ3v) is 4.30. The van der Waals surface area contributed by atoms with Crippen molar-refractivity contribution in [2.45, 2.75) is 18.5 Å². The first kappa shape index (κ1) is 15.7. The molecule has 1 aliphatic heterocycles. The molecule has 1 aromatic carbocycles. The number of hydrogen-bond donors (Lipinski definition) is 3. The average Bonchev–Trinajstić information content (AvgIpc) is 3.17. The number of aromatic nitrogens is 3. The molecule has 2 atom stereocenters. The van der Waals surface area contributed by atoms with Crippen molar-refractivity contribution in [1.82, 2.24) is 25.8 Å². The van der Waals surface area contributed by atoms with Crippen LogP contribution in [0, 0.1) is 0 Å². The van der Waals surface area contributed by atoms with Gasteiger partial charge in [0.05, 0.1) is 5.69 Å². The zero-order valence-corrected chi connectivity index (χ0v) is 13.8. The minimum atomic E-state index is 0.316. The Morgan fingerprint density at radius 2 is 1.92 bits per heavy atom. The van der Waals surface area contributed by atoms with Gasteiger partial charge in [-0.1, -0.05) is 30.3 Å². The van der Waals surface area contributed by atoms with Crippen LogP contribution >= 0.6 is 0 Å². The second-order valence-electron chi connectivity index (χ2n) is 6.07. The van der Waals surface area contributed by atoms with Crippen molar-refractivity contribution in [3.8, 4) is 11.3 Å². The summed E-state index contributed by atoms with van der Waals surface area (Å²) in [5.74, 6) is 0.631. The Balaban J connectivity index is 1.36. The SMILES string of the molecule is c1ccc(C2CC(CNc3nccc(-c4cccnc4)n3)NN2)cc1. The van der Waals surface area contributed by atoms with Gasteiger partial charge in [0.1, 0.15) is 0 Å². The molecule has 1 aliphatic rings. The number of hydrazine groups is 1. The predicted molar refractivity (Wildman–Crippen MR) is 97.6 cm³/mol. The molecular formula is C19H20N6. The maximum atomic E-state index is 4.57. The average molecular weight is 332 g/mol. The van der Waals surface area contributed by atoms with Crippen LogP contribution in [0.3, 0.4) is 0 Å². The fourth-order valence-electron chi connectivity index (χ4n) is 2.99. The lowest BCUT2D eigenvalue weighted by atomic mass is 10.0. The normalized spacial score (nSPS) is 19.7. The van der Waals surface area contributed by atoms with Gasteiger partial charge in [-0.25, -0.2) is 15.4 Å². The highest BCUT2D eigenvalue weighted by atomic mass is 15.4. The van der Waals surface area contributed by atoms with Gasteiger partial charge in [-0.3, -0.25) is 10.4 Å². The van der Waals surface area contributed by atoms with E-state index in [1.54, 1.807) is 18.6 Å². The van der Waals surface area contributed by atoms with Crippen LogP contribution in [-0.4, -0.2) is 27.5 Å². The standard InChI is InChI=1S/C19H20N6/c1-2-5-14(6-3-1)18-11-16(24-25-18)13-22-19-21-10-8-17(23-19)15-7-4-9-20-12-15/h1-10,12,16,18,24-25H,11,13H2,(H,21,22,23). The van der Waals surface area contributed by atoms with Crippen LogP contribution in [0.4, 0.5) is 5.95 Å². The zero-order valence-electron chi connectivity index (χ0n) is 13.8. The van der Waals surface area contributed by atoms with Crippen LogP contribution in [0.2, 0.25) is 0 Å². The first-order chi connectivity index (χ1) is 12.4. The maximum Gasteiger partial charge on any atom is 0.223 e. The number of nitrogens with one attached hydrogen (secondary N) is 3. The summed E-state index contributed by atoms with van der Waals surface area (Å²) in [6, 6.07) is 16.9. The molecule has 3 aromatic rings. The monoisotopic (exact) mass is 332 g/mol. The number of nitrogens with zero attached hydrogens (tertiary/aromatic N) is 3. The number of rotatable bonds is 5. The lowest BCUT2D eigenvalue weighted by Gasteiger charge is -2.11. The Bertz CT molecular complexity index is 808. The van der Waals surface area contributed by atoms with E-state index < -0.39 is 0 Å². The molecule has 6 nitrogen and oxygen atoms in total. The molecule has 1 fully saturated rings. The van der Waals surface area contributed by atoms with Crippen molar-refractivity contribution >= 4 is 5.95 Å². The van der Waals surface area contributed by atoms with Crippen molar-refractivity contribution in [2.75, 3.05) is 11.9 Å². The summed E-state index contributed by atoms with van der Waals surface area (Å²) in [6.45, 7) is 0.757. The molecule has 0 spiro atoms. The minimum absolute atomic E-state index is 0.316. The second kappa shape index (κ2) is 7.38. The van der Waals surface area contributed by atoms with E-state index in [9.17, 15) is 0 Å². The molecule has 0 saturated carbocycles. The summed E-state index contributed by atoms with van der Waals surface area (Å²) in [5, 5.41) is 3.32. The molecule has 1 saturated heterocycles. The minimum Gasteiger partial charge on any atom is -0.353 e. The first-order valence-corrected chi connectivity index (χ1v) is 8.42. The molecule has 0 amide bonds. The van der Waals surface area contributed by atoms with Gasteiger partial charge in [0, 0.05) is 42.8 Å². The van der Waals surface area contributed by atoms with Crippen LogP contribution < -0.4 is 16.2 Å². The second-order valence-corrected chi connectivity index (χ2v) is 6.07. The van der Waals surface area contributed by atoms with Gasteiger partial charge < -0.3 is 5.32 Å². The van der Waals surface area contributed by atoms with E-state index >= 15 is 0 Å². The Labute approximate surface area is 146 Å². The molecule has 0 aliphatic carbocycles. The van der Waals surface area contributed by atoms with Gasteiger partial charge in [0.25, 0.3) is 0 Å². The summed E-state index contributed by atoms with van der Waals surface area (Å²) in [6.07, 6.45) is 6.34. The number of pyridine rings is 1. The van der Waals surface area contributed by atoms with Crippen LogP contribution in [0.1, 0.15) is 18.0 Å². The molecule has 0 bridgehead atoms. The van der Waals surface area contributed by atoms with E-state index in [1.807, 2.05) is 24.3 Å². The summed E-state index contributed by atoms with van der Waals surface area (Å²) in [4.78, 5) is 13.0. The first-order valence-electron chi connectivity index (χ1n) is 8.42. The summed E-state index contributed by atoms with van der Waals surface area (Å²) in [5.41, 5.74) is 9.85. The number of anilines is 1. The van der Waals surface area contributed by atoms with E-state index in [1.165, 1.54) is 5.56 Å². The quantitative estimate of drug-likeness (QED) is 0.667. The number of benzene rings is 1. The Hall–Kier alpha value is -2.83. The number of hydrogen-bond acceptors (Lipinski definition) is 6. The maximum absolute atomic E-state index is 4.57. The van der Waals surface area contributed by atoms with Gasteiger partial charge >= 0.3 is 0 Å². The van der Waals surface area contributed by atoms with Crippen molar-refractivity contribution < 1.29 is 0 Å². The van der Waals surface area contributed by atoms with Gasteiger partial charge in [-0.15, -0.1) is 0 Å². The highest BCUT2D eigenvalue weighted by Crippen LogP contribution is 2.22. The Kier molecular flexibility index (Phi) is 4.63.